The van der Waals surface area contributed by atoms with Crippen LogP contribution in [0.3, 0.4) is 0 Å². The van der Waals surface area contributed by atoms with Crippen molar-refractivity contribution >= 4 is 23.2 Å². The normalized spacial score (nSPS) is 19.5. The summed E-state index contributed by atoms with van der Waals surface area (Å²) in [6.07, 6.45) is 6.65. The van der Waals surface area contributed by atoms with E-state index in [1.54, 1.807) is 0 Å². The average Bonchev–Trinajstić information content (AvgIpc) is 2.90. The van der Waals surface area contributed by atoms with Crippen molar-refractivity contribution in [3.63, 3.8) is 0 Å². The van der Waals surface area contributed by atoms with E-state index in [1.165, 1.54) is 32.1 Å². The number of benzene rings is 2. The number of fused-ring (bicyclic) bond motifs is 1. The summed E-state index contributed by atoms with van der Waals surface area (Å²) in [5.41, 5.74) is 3.18. The van der Waals surface area contributed by atoms with Crippen molar-refractivity contribution in [1.29, 1.82) is 0 Å². The fourth-order valence-corrected chi connectivity index (χ4v) is 4.22. The van der Waals surface area contributed by atoms with Crippen molar-refractivity contribution < 1.29 is 9.59 Å². The first-order chi connectivity index (χ1) is 14.2. The molecule has 2 N–H and O–H groups in total. The third kappa shape index (κ3) is 4.73. The maximum atomic E-state index is 12.8. The first-order valence-corrected chi connectivity index (χ1v) is 10.5. The predicted molar refractivity (Wildman–Crippen MR) is 115 cm³/mol. The van der Waals surface area contributed by atoms with Crippen LogP contribution in [0.2, 0.25) is 0 Å². The largest absolute Gasteiger partial charge is 0.327 e. The molecule has 1 atom stereocenters. The average molecular weight is 389 g/mol. The van der Waals surface area contributed by atoms with E-state index in [0.717, 1.165) is 17.5 Å². The van der Waals surface area contributed by atoms with Gasteiger partial charge in [-0.2, -0.15) is 0 Å². The van der Waals surface area contributed by atoms with Crippen molar-refractivity contribution in [2.75, 3.05) is 5.32 Å². The van der Waals surface area contributed by atoms with Crippen molar-refractivity contribution in [2.24, 2.45) is 10.9 Å². The van der Waals surface area contributed by atoms with Crippen LogP contribution in [0, 0.1) is 5.92 Å². The lowest BCUT2D eigenvalue weighted by Crippen LogP contribution is -2.42. The lowest BCUT2D eigenvalue weighted by molar-refractivity contribution is -0.126. The van der Waals surface area contributed by atoms with Gasteiger partial charge in [-0.25, -0.2) is 4.99 Å². The summed E-state index contributed by atoms with van der Waals surface area (Å²) in [6, 6.07) is 17.4. The molecule has 29 heavy (non-hydrogen) atoms. The Hall–Kier alpha value is -2.95. The van der Waals surface area contributed by atoms with Gasteiger partial charge in [-0.15, -0.1) is 0 Å². The zero-order valence-corrected chi connectivity index (χ0v) is 16.6. The van der Waals surface area contributed by atoms with Crippen LogP contribution in [0.15, 0.2) is 59.6 Å². The SMILES string of the molecule is O=C(CCC1CCCCC1)NC1N=C(c2ccccc2)c2ccccc2NC1=O. The van der Waals surface area contributed by atoms with E-state index in [1.807, 2.05) is 54.6 Å². The number of nitrogens with one attached hydrogen (secondary N) is 2. The second-order valence-corrected chi connectivity index (χ2v) is 7.89. The fourth-order valence-electron chi connectivity index (χ4n) is 4.22. The maximum Gasteiger partial charge on any atom is 0.269 e. The fraction of sp³-hybridized carbons (Fsp3) is 0.375. The van der Waals surface area contributed by atoms with Crippen LogP contribution < -0.4 is 10.6 Å². The summed E-state index contributed by atoms with van der Waals surface area (Å²) in [7, 11) is 0. The van der Waals surface area contributed by atoms with Gasteiger partial charge >= 0.3 is 0 Å². The first kappa shape index (κ1) is 19.4. The topological polar surface area (TPSA) is 70.6 Å². The van der Waals surface area contributed by atoms with E-state index in [-0.39, 0.29) is 11.8 Å². The second-order valence-electron chi connectivity index (χ2n) is 7.89. The van der Waals surface area contributed by atoms with Gasteiger partial charge in [0.15, 0.2) is 0 Å². The van der Waals surface area contributed by atoms with Crippen LogP contribution in [0.25, 0.3) is 0 Å². The summed E-state index contributed by atoms with van der Waals surface area (Å²) in [4.78, 5) is 30.0. The third-order valence-electron chi connectivity index (χ3n) is 5.80. The Morgan fingerprint density at radius 2 is 1.72 bits per heavy atom. The molecule has 1 aliphatic carbocycles. The highest BCUT2D eigenvalue weighted by atomic mass is 16.2. The number of amides is 2. The highest BCUT2D eigenvalue weighted by molar-refractivity contribution is 6.19. The van der Waals surface area contributed by atoms with Gasteiger partial charge < -0.3 is 10.6 Å². The standard InChI is InChI=1S/C24H27N3O2/c28-21(16-15-17-9-3-1-4-10-17)26-23-24(29)25-20-14-8-7-13-19(20)22(27-23)18-11-5-2-6-12-18/h2,5-8,11-14,17,23H,1,3-4,9-10,15-16H2,(H,25,29)(H,26,28). The lowest BCUT2D eigenvalue weighted by atomic mass is 9.86. The summed E-state index contributed by atoms with van der Waals surface area (Å²) >= 11 is 0. The highest BCUT2D eigenvalue weighted by Gasteiger charge is 2.27. The quantitative estimate of drug-likeness (QED) is 0.801. The van der Waals surface area contributed by atoms with E-state index < -0.39 is 6.17 Å². The Kier molecular flexibility index (Phi) is 6.03. The van der Waals surface area contributed by atoms with Crippen molar-refractivity contribution in [3.05, 3.63) is 65.7 Å². The minimum absolute atomic E-state index is 0.113. The zero-order chi connectivity index (χ0) is 20.1. The molecule has 1 unspecified atom stereocenters. The molecular formula is C24H27N3O2. The van der Waals surface area contributed by atoms with Gasteiger partial charge in [-0.1, -0.05) is 80.6 Å². The van der Waals surface area contributed by atoms with Crippen LogP contribution in [-0.2, 0) is 9.59 Å². The van der Waals surface area contributed by atoms with E-state index in [0.29, 0.717) is 23.7 Å². The van der Waals surface area contributed by atoms with E-state index >= 15 is 0 Å². The monoisotopic (exact) mass is 389 g/mol. The summed E-state index contributed by atoms with van der Waals surface area (Å²) in [6.45, 7) is 0. The van der Waals surface area contributed by atoms with Gasteiger partial charge in [0.1, 0.15) is 0 Å². The maximum absolute atomic E-state index is 12.8. The van der Waals surface area contributed by atoms with Crippen LogP contribution in [0.4, 0.5) is 5.69 Å². The first-order valence-electron chi connectivity index (χ1n) is 10.5. The number of anilines is 1. The molecule has 2 amide bonds. The van der Waals surface area contributed by atoms with Gasteiger partial charge in [0.25, 0.3) is 5.91 Å². The summed E-state index contributed by atoms with van der Waals surface area (Å²) in [5.74, 6) is 0.206. The Bertz CT molecular complexity index is 901. The number of hydrogen-bond acceptors (Lipinski definition) is 3. The number of carbonyl (C=O) groups excluding carboxylic acids is 2. The zero-order valence-electron chi connectivity index (χ0n) is 16.6. The molecule has 0 saturated heterocycles. The minimum atomic E-state index is -0.934. The number of rotatable bonds is 5. The molecule has 0 spiro atoms. The van der Waals surface area contributed by atoms with Crippen LogP contribution in [0.5, 0.6) is 0 Å². The molecule has 0 aromatic heterocycles. The molecule has 5 nitrogen and oxygen atoms in total. The molecule has 150 valence electrons. The molecule has 1 aliphatic heterocycles. The van der Waals surface area contributed by atoms with Crippen molar-refractivity contribution in [2.45, 2.75) is 51.1 Å². The van der Waals surface area contributed by atoms with Gasteiger partial charge in [-0.3, -0.25) is 9.59 Å². The Morgan fingerprint density at radius 1 is 1.00 bits per heavy atom. The van der Waals surface area contributed by atoms with Gasteiger partial charge in [-0.05, 0) is 18.4 Å². The molecule has 0 radical (unpaired) electrons. The molecular weight excluding hydrogens is 362 g/mol. The molecule has 1 saturated carbocycles. The van der Waals surface area contributed by atoms with E-state index in [9.17, 15) is 9.59 Å². The second kappa shape index (κ2) is 9.03. The van der Waals surface area contributed by atoms with Gasteiger partial charge in [0, 0.05) is 17.5 Å². The number of nitrogens with zero attached hydrogens (tertiary/aromatic N) is 1. The number of aliphatic imine (C=N–C) groups is 1. The molecule has 2 aromatic carbocycles. The van der Waals surface area contributed by atoms with Gasteiger partial charge in [0.2, 0.25) is 12.1 Å². The lowest BCUT2D eigenvalue weighted by Gasteiger charge is -2.21. The molecule has 0 bridgehead atoms. The van der Waals surface area contributed by atoms with Crippen LogP contribution in [-0.4, -0.2) is 23.7 Å². The predicted octanol–water partition coefficient (Wildman–Crippen LogP) is 4.28. The van der Waals surface area contributed by atoms with Crippen molar-refractivity contribution in [3.8, 4) is 0 Å². The van der Waals surface area contributed by atoms with E-state index in [4.69, 9.17) is 0 Å². The highest BCUT2D eigenvalue weighted by Crippen LogP contribution is 2.27. The molecule has 2 aliphatic rings. The third-order valence-corrected chi connectivity index (χ3v) is 5.80. The summed E-state index contributed by atoms with van der Waals surface area (Å²) < 4.78 is 0. The van der Waals surface area contributed by atoms with Crippen molar-refractivity contribution in [1.82, 2.24) is 5.32 Å². The molecule has 1 fully saturated rings. The Labute approximate surface area is 171 Å². The number of carbonyl (C=O) groups is 2. The molecule has 2 aromatic rings. The number of para-hydroxylation sites is 1. The molecule has 4 rings (SSSR count). The number of hydrogen-bond donors (Lipinski definition) is 2. The Morgan fingerprint density at radius 3 is 2.52 bits per heavy atom. The van der Waals surface area contributed by atoms with Gasteiger partial charge in [0.05, 0.1) is 11.4 Å². The van der Waals surface area contributed by atoms with E-state index in [2.05, 4.69) is 15.6 Å². The van der Waals surface area contributed by atoms with Crippen LogP contribution in [0.1, 0.15) is 56.1 Å². The summed E-state index contributed by atoms with van der Waals surface area (Å²) in [5, 5.41) is 5.76. The number of benzodiazepines with no additional fused rings is 1. The van der Waals surface area contributed by atoms with Crippen LogP contribution >= 0.6 is 0 Å². The Balaban J connectivity index is 1.53. The molecule has 5 heteroatoms. The molecule has 1 heterocycles. The smallest absolute Gasteiger partial charge is 0.269 e. The minimum Gasteiger partial charge on any atom is -0.327 e.